The highest BCUT2D eigenvalue weighted by Gasteiger charge is 2.30. The number of aliphatic hydroxyl groups is 1. The van der Waals surface area contributed by atoms with Crippen LogP contribution < -0.4 is 5.73 Å². The number of carbonyl (C=O) groups is 2. The molecular weight excluding hydrogens is 390 g/mol. The zero-order valence-corrected chi connectivity index (χ0v) is 16.7. The van der Waals surface area contributed by atoms with Crippen LogP contribution in [0.15, 0.2) is 18.2 Å². The van der Waals surface area contributed by atoms with E-state index in [9.17, 15) is 24.9 Å². The second-order valence-electron chi connectivity index (χ2n) is 6.82. The quantitative estimate of drug-likeness (QED) is 0.166. The summed E-state index contributed by atoms with van der Waals surface area (Å²) in [6.45, 7) is 2.22. The van der Waals surface area contributed by atoms with Gasteiger partial charge in [0.25, 0.3) is 0 Å². The number of aliphatic hydroxyl groups excluding tert-OH is 1. The van der Waals surface area contributed by atoms with Crippen LogP contribution in [0.5, 0.6) is 11.5 Å². The molecule has 1 aliphatic heterocycles. The lowest BCUT2D eigenvalue weighted by Crippen LogP contribution is -2.39. The van der Waals surface area contributed by atoms with E-state index in [4.69, 9.17) is 10.5 Å². The molecule has 5 N–H and O–H groups in total. The van der Waals surface area contributed by atoms with Gasteiger partial charge in [0.1, 0.15) is 12.1 Å². The van der Waals surface area contributed by atoms with E-state index in [1.54, 1.807) is 0 Å². The first kappa shape index (κ1) is 21.9. The van der Waals surface area contributed by atoms with Gasteiger partial charge in [0, 0.05) is 16.9 Å². The first-order valence-corrected chi connectivity index (χ1v) is 11.0. The van der Waals surface area contributed by atoms with Gasteiger partial charge in [-0.3, -0.25) is 4.79 Å². The lowest BCUT2D eigenvalue weighted by atomic mass is 9.99. The Bertz CT molecular complexity index is 678. The van der Waals surface area contributed by atoms with E-state index in [2.05, 4.69) is 6.92 Å². The standard InChI is InChI=1S/C18H25NO6S2/c1-18(8-9-26-27-18)7-3-2-4-14(22)25-17(24)15(19)16(23)11-5-6-12(20)13(21)10-11/h5-6,10,15-16,20-21,23H,2-4,7-9,19H2,1H3/t15-,16+,18+/m0/s1. The predicted molar refractivity (Wildman–Crippen MR) is 105 cm³/mol. The fourth-order valence-corrected chi connectivity index (χ4v) is 6.01. The molecule has 1 aliphatic rings. The van der Waals surface area contributed by atoms with Gasteiger partial charge >= 0.3 is 11.9 Å². The fraction of sp³-hybridized carbons (Fsp3) is 0.556. The van der Waals surface area contributed by atoms with Crippen LogP contribution in [0.25, 0.3) is 0 Å². The summed E-state index contributed by atoms with van der Waals surface area (Å²) in [5.74, 6) is -1.36. The number of rotatable bonds is 8. The molecule has 0 aliphatic carbocycles. The summed E-state index contributed by atoms with van der Waals surface area (Å²) in [4.78, 5) is 23.8. The van der Waals surface area contributed by atoms with Crippen LogP contribution in [0.4, 0.5) is 0 Å². The van der Waals surface area contributed by atoms with Crippen molar-refractivity contribution in [1.29, 1.82) is 0 Å². The summed E-state index contributed by atoms with van der Waals surface area (Å²) in [6, 6.07) is 2.09. The normalized spacial score (nSPS) is 21.6. The number of phenolic OH excluding ortho intramolecular Hbond substituents is 2. The molecule has 0 radical (unpaired) electrons. The lowest BCUT2D eigenvalue weighted by Gasteiger charge is -2.20. The summed E-state index contributed by atoms with van der Waals surface area (Å²) in [5, 5.41) is 28.9. The maximum atomic E-state index is 12.0. The maximum absolute atomic E-state index is 12.0. The molecular formula is C18H25NO6S2. The molecule has 0 amide bonds. The van der Waals surface area contributed by atoms with Crippen molar-refractivity contribution in [2.45, 2.75) is 55.9 Å². The van der Waals surface area contributed by atoms with Gasteiger partial charge < -0.3 is 25.8 Å². The van der Waals surface area contributed by atoms with Crippen molar-refractivity contribution in [2.75, 3.05) is 5.75 Å². The van der Waals surface area contributed by atoms with Crippen molar-refractivity contribution in [3.8, 4) is 11.5 Å². The molecule has 1 aromatic carbocycles. The number of esters is 2. The van der Waals surface area contributed by atoms with E-state index in [-0.39, 0.29) is 22.5 Å². The second kappa shape index (κ2) is 9.68. The van der Waals surface area contributed by atoms with Crippen LogP contribution in [0.2, 0.25) is 0 Å². The third kappa shape index (κ3) is 6.31. The fourth-order valence-electron chi connectivity index (χ4n) is 2.71. The van der Waals surface area contributed by atoms with E-state index in [1.807, 2.05) is 21.6 Å². The average Bonchev–Trinajstić information content (AvgIpc) is 3.06. The second-order valence-corrected chi connectivity index (χ2v) is 9.83. The van der Waals surface area contributed by atoms with Gasteiger partial charge in [-0.2, -0.15) is 0 Å². The molecule has 1 saturated heterocycles. The number of benzene rings is 1. The molecule has 3 atom stereocenters. The number of hydrogen-bond acceptors (Lipinski definition) is 9. The van der Waals surface area contributed by atoms with Crippen molar-refractivity contribution < 1.29 is 29.6 Å². The third-order valence-electron chi connectivity index (χ3n) is 4.48. The Balaban J connectivity index is 1.75. The van der Waals surface area contributed by atoms with Crippen LogP contribution >= 0.6 is 21.6 Å². The first-order valence-electron chi connectivity index (χ1n) is 8.72. The smallest absolute Gasteiger partial charge is 0.333 e. The highest BCUT2D eigenvalue weighted by atomic mass is 33.1. The summed E-state index contributed by atoms with van der Waals surface area (Å²) < 4.78 is 4.98. The molecule has 1 aromatic rings. The maximum Gasteiger partial charge on any atom is 0.333 e. The summed E-state index contributed by atoms with van der Waals surface area (Å²) in [5.41, 5.74) is 5.79. The number of ether oxygens (including phenoxy) is 1. The van der Waals surface area contributed by atoms with E-state index >= 15 is 0 Å². The zero-order chi connectivity index (χ0) is 20.0. The minimum absolute atomic E-state index is 0.114. The van der Waals surface area contributed by atoms with Gasteiger partial charge in [0.05, 0.1) is 0 Å². The monoisotopic (exact) mass is 415 g/mol. The molecule has 27 heavy (non-hydrogen) atoms. The highest BCUT2D eigenvalue weighted by molar-refractivity contribution is 8.77. The SMILES string of the molecule is C[C@@]1(CCCCC(=O)OC(=O)[C@@H](N)[C@H](O)c2ccc(O)c(O)c2)CCSS1. The van der Waals surface area contributed by atoms with Gasteiger partial charge in [-0.15, -0.1) is 0 Å². The predicted octanol–water partition coefficient (Wildman–Crippen LogP) is 2.63. The Morgan fingerprint density at radius 1 is 1.30 bits per heavy atom. The van der Waals surface area contributed by atoms with E-state index in [1.165, 1.54) is 12.1 Å². The number of phenols is 2. The summed E-state index contributed by atoms with van der Waals surface area (Å²) >= 11 is 0. The molecule has 150 valence electrons. The molecule has 0 spiro atoms. The third-order valence-corrected chi connectivity index (χ3v) is 7.84. The molecule has 9 heteroatoms. The number of nitrogens with two attached hydrogens (primary N) is 1. The Morgan fingerprint density at radius 3 is 2.67 bits per heavy atom. The van der Waals surface area contributed by atoms with E-state index in [0.717, 1.165) is 31.1 Å². The zero-order valence-electron chi connectivity index (χ0n) is 15.1. The Labute approximate surface area is 166 Å². The van der Waals surface area contributed by atoms with Gasteiger partial charge in [0.15, 0.2) is 11.5 Å². The topological polar surface area (TPSA) is 130 Å². The van der Waals surface area contributed by atoms with Crippen LogP contribution in [0.1, 0.15) is 50.7 Å². The largest absolute Gasteiger partial charge is 0.504 e. The van der Waals surface area contributed by atoms with Crippen molar-refractivity contribution in [3.63, 3.8) is 0 Å². The Hall–Kier alpha value is -1.42. The van der Waals surface area contributed by atoms with Gasteiger partial charge in [0.2, 0.25) is 0 Å². The van der Waals surface area contributed by atoms with Gasteiger partial charge in [-0.1, -0.05) is 34.1 Å². The Kier molecular flexibility index (Phi) is 7.84. The van der Waals surface area contributed by atoms with Crippen molar-refractivity contribution >= 4 is 33.5 Å². The molecule has 0 saturated carbocycles. The minimum Gasteiger partial charge on any atom is -0.504 e. The molecule has 0 bridgehead atoms. The summed E-state index contributed by atoms with van der Waals surface area (Å²) in [6.07, 6.45) is 2.29. The van der Waals surface area contributed by atoms with Crippen molar-refractivity contribution in [2.24, 2.45) is 5.73 Å². The minimum atomic E-state index is -1.48. The van der Waals surface area contributed by atoms with E-state index in [0.29, 0.717) is 6.42 Å². The number of unbranched alkanes of at least 4 members (excludes halogenated alkanes) is 1. The van der Waals surface area contributed by atoms with Crippen LogP contribution in [-0.2, 0) is 14.3 Å². The number of carbonyl (C=O) groups excluding carboxylic acids is 2. The molecule has 0 unspecified atom stereocenters. The van der Waals surface area contributed by atoms with E-state index < -0.39 is 29.8 Å². The highest BCUT2D eigenvalue weighted by Crippen LogP contribution is 2.49. The van der Waals surface area contributed by atoms with Gasteiger partial charge in [-0.05, 0) is 43.9 Å². The summed E-state index contributed by atoms with van der Waals surface area (Å²) in [7, 11) is 3.76. The molecule has 0 aromatic heterocycles. The van der Waals surface area contributed by atoms with Gasteiger partial charge in [-0.25, -0.2) is 4.79 Å². The first-order chi connectivity index (χ1) is 12.7. The van der Waals surface area contributed by atoms with Crippen molar-refractivity contribution in [1.82, 2.24) is 0 Å². The average molecular weight is 416 g/mol. The van der Waals surface area contributed by atoms with Crippen molar-refractivity contribution in [3.05, 3.63) is 23.8 Å². The Morgan fingerprint density at radius 2 is 2.04 bits per heavy atom. The molecule has 1 fully saturated rings. The number of hydrogen-bond donors (Lipinski definition) is 4. The van der Waals surface area contributed by atoms with Crippen LogP contribution in [-0.4, -0.2) is 43.8 Å². The van der Waals surface area contributed by atoms with Crippen LogP contribution in [0.3, 0.4) is 0 Å². The molecule has 7 nitrogen and oxygen atoms in total. The lowest BCUT2D eigenvalue weighted by molar-refractivity contribution is -0.162. The van der Waals surface area contributed by atoms with Crippen LogP contribution in [0, 0.1) is 0 Å². The number of aromatic hydroxyl groups is 2. The molecule has 1 heterocycles. The molecule has 2 rings (SSSR count).